The zero-order valence-corrected chi connectivity index (χ0v) is 15.6. The van der Waals surface area contributed by atoms with Crippen LogP contribution >= 0.6 is 0 Å². The predicted molar refractivity (Wildman–Crippen MR) is 97.7 cm³/mol. The molecule has 0 amide bonds. The third-order valence-electron chi connectivity index (χ3n) is 6.06. The highest BCUT2D eigenvalue weighted by Crippen LogP contribution is 2.39. The molecule has 3 fully saturated rings. The summed E-state index contributed by atoms with van der Waals surface area (Å²) in [4.78, 5) is 9.41. The van der Waals surface area contributed by atoms with E-state index < -0.39 is 0 Å². The van der Waals surface area contributed by atoms with Crippen molar-refractivity contribution in [3.05, 3.63) is 23.9 Å². The van der Waals surface area contributed by atoms with Crippen LogP contribution in [0.4, 0.5) is 0 Å². The molecule has 0 radical (unpaired) electrons. The Morgan fingerprint density at radius 1 is 1.44 bits per heavy atom. The second kappa shape index (κ2) is 7.22. The average Bonchev–Trinajstić information content (AvgIpc) is 3.40. The largest absolute Gasteiger partial charge is 0.481 e. The van der Waals surface area contributed by atoms with Crippen molar-refractivity contribution >= 4 is 0 Å². The first-order valence-corrected chi connectivity index (χ1v) is 9.72. The quantitative estimate of drug-likeness (QED) is 0.792. The molecule has 0 aromatic carbocycles. The van der Waals surface area contributed by atoms with Crippen molar-refractivity contribution in [3.63, 3.8) is 0 Å². The molecule has 2 saturated heterocycles. The Kier molecular flexibility index (Phi) is 4.98. The van der Waals surface area contributed by atoms with E-state index in [0.717, 1.165) is 38.2 Å². The number of piperidine rings is 1. The van der Waals surface area contributed by atoms with Crippen LogP contribution in [-0.2, 0) is 11.3 Å². The fourth-order valence-electron chi connectivity index (χ4n) is 4.71. The third-order valence-corrected chi connectivity index (χ3v) is 6.06. The van der Waals surface area contributed by atoms with Crippen LogP contribution in [0.3, 0.4) is 0 Å². The van der Waals surface area contributed by atoms with Crippen LogP contribution in [0.1, 0.15) is 37.7 Å². The summed E-state index contributed by atoms with van der Waals surface area (Å²) < 4.78 is 11.8. The second-order valence-electron chi connectivity index (χ2n) is 8.22. The van der Waals surface area contributed by atoms with Gasteiger partial charge in [-0.2, -0.15) is 0 Å². The van der Waals surface area contributed by atoms with Gasteiger partial charge in [0.2, 0.25) is 5.88 Å². The lowest BCUT2D eigenvalue weighted by molar-refractivity contribution is -0.0537. The lowest BCUT2D eigenvalue weighted by Crippen LogP contribution is -2.47. The first-order chi connectivity index (χ1) is 12.2. The molecule has 2 aliphatic heterocycles. The van der Waals surface area contributed by atoms with E-state index in [0.29, 0.717) is 5.92 Å². The lowest BCUT2D eigenvalue weighted by Gasteiger charge is -2.40. The van der Waals surface area contributed by atoms with Gasteiger partial charge in [-0.25, -0.2) is 4.98 Å². The molecule has 3 aliphatic rings. The van der Waals surface area contributed by atoms with Gasteiger partial charge < -0.3 is 14.4 Å². The van der Waals surface area contributed by atoms with Crippen LogP contribution in [0.25, 0.3) is 0 Å². The number of pyridine rings is 1. The molecule has 138 valence electrons. The van der Waals surface area contributed by atoms with Crippen molar-refractivity contribution in [3.8, 4) is 5.88 Å². The maximum Gasteiger partial charge on any atom is 0.217 e. The zero-order valence-electron chi connectivity index (χ0n) is 15.6. The lowest BCUT2D eigenvalue weighted by atomic mass is 9.86. The van der Waals surface area contributed by atoms with E-state index in [1.165, 1.54) is 44.2 Å². The summed E-state index contributed by atoms with van der Waals surface area (Å²) in [5, 5.41) is 0. The van der Waals surface area contributed by atoms with Crippen LogP contribution in [0.2, 0.25) is 0 Å². The van der Waals surface area contributed by atoms with Gasteiger partial charge in [0.1, 0.15) is 0 Å². The smallest absolute Gasteiger partial charge is 0.217 e. The zero-order chi connectivity index (χ0) is 17.3. The minimum Gasteiger partial charge on any atom is -0.481 e. The Bertz CT molecular complexity index is 592. The number of methoxy groups -OCH3 is 1. The summed E-state index contributed by atoms with van der Waals surface area (Å²) in [7, 11) is 3.98. The highest BCUT2D eigenvalue weighted by atomic mass is 16.5. The highest BCUT2D eigenvalue weighted by molar-refractivity contribution is 5.25. The van der Waals surface area contributed by atoms with Gasteiger partial charge in [0.25, 0.3) is 0 Å². The van der Waals surface area contributed by atoms with Crippen molar-refractivity contribution in [1.29, 1.82) is 0 Å². The molecule has 0 unspecified atom stereocenters. The van der Waals surface area contributed by atoms with Crippen LogP contribution in [0, 0.1) is 5.92 Å². The molecule has 25 heavy (non-hydrogen) atoms. The number of likely N-dealkylation sites (tertiary alicyclic amines) is 1. The van der Waals surface area contributed by atoms with Crippen LogP contribution in [0.15, 0.2) is 18.3 Å². The van der Waals surface area contributed by atoms with Crippen molar-refractivity contribution in [2.24, 2.45) is 5.92 Å². The van der Waals surface area contributed by atoms with E-state index in [-0.39, 0.29) is 5.60 Å². The van der Waals surface area contributed by atoms with Crippen LogP contribution in [0.5, 0.6) is 5.88 Å². The van der Waals surface area contributed by atoms with Crippen molar-refractivity contribution in [1.82, 2.24) is 14.8 Å². The van der Waals surface area contributed by atoms with Crippen molar-refractivity contribution in [2.45, 2.75) is 50.3 Å². The summed E-state index contributed by atoms with van der Waals surface area (Å²) in [5.41, 5.74) is 1.24. The van der Waals surface area contributed by atoms with Gasteiger partial charge in [-0.3, -0.25) is 4.90 Å². The standard InChI is InChI=1S/C20H31N3O2/c1-22(18-6-7-18)12-16-11-20(25-14-16)8-4-10-23(15-20)13-17-5-3-9-21-19(17)24-2/h3,5,9,16,18H,4,6-8,10-15H2,1-2H3/t16-,20-/m1/s1. The molecule has 0 N–H and O–H groups in total. The first-order valence-electron chi connectivity index (χ1n) is 9.72. The highest BCUT2D eigenvalue weighted by Gasteiger charge is 2.44. The van der Waals surface area contributed by atoms with E-state index in [4.69, 9.17) is 9.47 Å². The number of rotatable bonds is 6. The number of aromatic nitrogens is 1. The normalized spacial score (nSPS) is 30.3. The minimum atomic E-state index is 0.0722. The summed E-state index contributed by atoms with van der Waals surface area (Å²) in [6, 6.07) is 4.96. The minimum absolute atomic E-state index is 0.0722. The predicted octanol–water partition coefficient (Wildman–Crippen LogP) is 2.56. The molecule has 1 saturated carbocycles. The molecular formula is C20H31N3O2. The Hall–Kier alpha value is -1.17. The molecule has 3 heterocycles. The fourth-order valence-corrected chi connectivity index (χ4v) is 4.71. The topological polar surface area (TPSA) is 37.8 Å². The number of hydrogen-bond acceptors (Lipinski definition) is 5. The third kappa shape index (κ3) is 3.99. The molecule has 0 bridgehead atoms. The number of hydrogen-bond donors (Lipinski definition) is 0. The molecule has 5 heteroatoms. The van der Waals surface area contributed by atoms with Crippen molar-refractivity contribution in [2.75, 3.05) is 40.4 Å². The van der Waals surface area contributed by atoms with Gasteiger partial charge in [0.05, 0.1) is 19.3 Å². The summed E-state index contributed by atoms with van der Waals surface area (Å²) in [6.07, 6.45) is 8.20. The van der Waals surface area contributed by atoms with E-state index in [2.05, 4.69) is 27.9 Å². The molecule has 1 spiro atoms. The van der Waals surface area contributed by atoms with Gasteiger partial charge in [-0.15, -0.1) is 0 Å². The van der Waals surface area contributed by atoms with E-state index in [1.807, 2.05) is 6.07 Å². The molecule has 5 nitrogen and oxygen atoms in total. The summed E-state index contributed by atoms with van der Waals surface area (Å²) in [5.74, 6) is 1.44. The molecular weight excluding hydrogens is 314 g/mol. The summed E-state index contributed by atoms with van der Waals surface area (Å²) >= 11 is 0. The molecule has 4 rings (SSSR count). The number of nitrogens with zero attached hydrogens (tertiary/aromatic N) is 3. The molecule has 1 aliphatic carbocycles. The van der Waals surface area contributed by atoms with Crippen LogP contribution < -0.4 is 4.74 Å². The maximum atomic E-state index is 6.40. The monoisotopic (exact) mass is 345 g/mol. The van der Waals surface area contributed by atoms with Crippen LogP contribution in [-0.4, -0.2) is 66.8 Å². The summed E-state index contributed by atoms with van der Waals surface area (Å²) in [6.45, 7) is 5.20. The SMILES string of the molecule is COc1ncccc1CN1CCC[C@@]2(C[C@H](CN(C)C3CC3)CO2)C1. The van der Waals surface area contributed by atoms with Gasteiger partial charge in [-0.1, -0.05) is 6.07 Å². The molecule has 1 aromatic heterocycles. The molecule has 2 atom stereocenters. The Labute approximate surface area is 151 Å². The molecule has 1 aromatic rings. The average molecular weight is 345 g/mol. The van der Waals surface area contributed by atoms with Crippen molar-refractivity contribution < 1.29 is 9.47 Å². The Morgan fingerprint density at radius 3 is 3.12 bits per heavy atom. The van der Waals surface area contributed by atoms with E-state index >= 15 is 0 Å². The Morgan fingerprint density at radius 2 is 2.32 bits per heavy atom. The first kappa shape index (κ1) is 17.3. The van der Waals surface area contributed by atoms with E-state index in [9.17, 15) is 0 Å². The fraction of sp³-hybridized carbons (Fsp3) is 0.750. The van der Waals surface area contributed by atoms with E-state index in [1.54, 1.807) is 13.3 Å². The second-order valence-corrected chi connectivity index (χ2v) is 8.22. The van der Waals surface area contributed by atoms with Gasteiger partial charge in [0.15, 0.2) is 0 Å². The van der Waals surface area contributed by atoms with Gasteiger partial charge in [0, 0.05) is 37.4 Å². The Balaban J connectivity index is 1.36. The van der Waals surface area contributed by atoms with Gasteiger partial charge >= 0.3 is 0 Å². The van der Waals surface area contributed by atoms with Gasteiger partial charge in [-0.05, 0) is 57.7 Å². The maximum absolute atomic E-state index is 6.40. The number of ether oxygens (including phenoxy) is 2.